The molecule has 0 saturated heterocycles. The van der Waals surface area contributed by atoms with E-state index in [1.54, 1.807) is 23.7 Å². The quantitative estimate of drug-likeness (QED) is 0.466. The summed E-state index contributed by atoms with van der Waals surface area (Å²) in [6.45, 7) is 4.42. The Balaban J connectivity index is 1.67. The molecule has 2 N–H and O–H groups in total. The number of benzene rings is 1. The summed E-state index contributed by atoms with van der Waals surface area (Å²) in [5.74, 6) is 0.799. The lowest BCUT2D eigenvalue weighted by Gasteiger charge is -2.12. The molecule has 0 saturated carbocycles. The molecule has 0 atom stereocenters. The van der Waals surface area contributed by atoms with Crippen LogP contribution in [0.15, 0.2) is 58.4 Å². The first kappa shape index (κ1) is 17.8. The third-order valence-corrected chi connectivity index (χ3v) is 3.78. The van der Waals surface area contributed by atoms with Crippen molar-refractivity contribution in [2.24, 2.45) is 4.99 Å². The van der Waals surface area contributed by atoms with Gasteiger partial charge in [0.15, 0.2) is 5.96 Å². The second-order valence-electron chi connectivity index (χ2n) is 5.78. The summed E-state index contributed by atoms with van der Waals surface area (Å²) in [4.78, 5) is 15.8. The molecular formula is C19H26N4O. The Morgan fingerprint density at radius 2 is 2.00 bits per heavy atom. The Hall–Kier alpha value is -2.56. The summed E-state index contributed by atoms with van der Waals surface area (Å²) in [6, 6.07) is 13.7. The number of pyridine rings is 1. The van der Waals surface area contributed by atoms with Gasteiger partial charge >= 0.3 is 0 Å². The van der Waals surface area contributed by atoms with Gasteiger partial charge in [0.2, 0.25) is 5.56 Å². The monoisotopic (exact) mass is 326 g/mol. The lowest BCUT2D eigenvalue weighted by atomic mass is 10.1. The van der Waals surface area contributed by atoms with Crippen LogP contribution in [-0.4, -0.2) is 24.1 Å². The number of hydrogen-bond acceptors (Lipinski definition) is 2. The summed E-state index contributed by atoms with van der Waals surface area (Å²) in [6.07, 6.45) is 3.76. The van der Waals surface area contributed by atoms with Gasteiger partial charge in [-0.15, -0.1) is 0 Å². The SMILES string of the molecule is CN=C(NCCCCn1ccccc1=O)NCc1cccc(C)c1. The van der Waals surface area contributed by atoms with Gasteiger partial charge in [-0.1, -0.05) is 35.9 Å². The van der Waals surface area contributed by atoms with Crippen LogP contribution in [0.2, 0.25) is 0 Å². The smallest absolute Gasteiger partial charge is 0.250 e. The van der Waals surface area contributed by atoms with Crippen molar-refractivity contribution in [2.45, 2.75) is 32.9 Å². The van der Waals surface area contributed by atoms with Crippen molar-refractivity contribution in [3.05, 3.63) is 70.1 Å². The molecule has 0 aliphatic carbocycles. The summed E-state index contributed by atoms with van der Waals surface area (Å²) in [5.41, 5.74) is 2.55. The Labute approximate surface area is 143 Å². The molecule has 0 unspecified atom stereocenters. The van der Waals surface area contributed by atoms with Gasteiger partial charge in [-0.3, -0.25) is 9.79 Å². The van der Waals surface area contributed by atoms with Crippen LogP contribution in [-0.2, 0) is 13.1 Å². The zero-order valence-electron chi connectivity index (χ0n) is 14.5. The predicted molar refractivity (Wildman–Crippen MR) is 99.3 cm³/mol. The molecule has 2 aromatic rings. The molecule has 1 aromatic heterocycles. The van der Waals surface area contributed by atoms with Crippen molar-refractivity contribution < 1.29 is 0 Å². The fourth-order valence-corrected chi connectivity index (χ4v) is 2.49. The molecule has 1 aromatic carbocycles. The van der Waals surface area contributed by atoms with E-state index in [4.69, 9.17) is 0 Å². The number of unbranched alkanes of at least 4 members (excludes halogenated alkanes) is 1. The molecule has 5 nitrogen and oxygen atoms in total. The van der Waals surface area contributed by atoms with Crippen LogP contribution in [0.5, 0.6) is 0 Å². The molecule has 0 bridgehead atoms. The largest absolute Gasteiger partial charge is 0.356 e. The first-order chi connectivity index (χ1) is 11.7. The van der Waals surface area contributed by atoms with Crippen LogP contribution < -0.4 is 16.2 Å². The number of hydrogen-bond donors (Lipinski definition) is 2. The highest BCUT2D eigenvalue weighted by Crippen LogP contribution is 2.03. The van der Waals surface area contributed by atoms with E-state index in [-0.39, 0.29) is 5.56 Å². The predicted octanol–water partition coefficient (Wildman–Crippen LogP) is 2.30. The van der Waals surface area contributed by atoms with Crippen molar-refractivity contribution in [2.75, 3.05) is 13.6 Å². The number of rotatable bonds is 7. The average molecular weight is 326 g/mol. The maximum atomic E-state index is 11.6. The molecule has 0 radical (unpaired) electrons. The number of nitrogens with zero attached hydrogens (tertiary/aromatic N) is 2. The van der Waals surface area contributed by atoms with Gasteiger partial charge in [-0.2, -0.15) is 0 Å². The van der Waals surface area contributed by atoms with Crippen LogP contribution in [0.3, 0.4) is 0 Å². The number of nitrogens with one attached hydrogen (secondary N) is 2. The molecule has 2 rings (SSSR count). The van der Waals surface area contributed by atoms with E-state index in [2.05, 4.69) is 46.8 Å². The van der Waals surface area contributed by atoms with Crippen molar-refractivity contribution >= 4 is 5.96 Å². The van der Waals surface area contributed by atoms with Gasteiger partial charge in [0, 0.05) is 38.9 Å². The summed E-state index contributed by atoms with van der Waals surface area (Å²) in [7, 11) is 1.77. The normalized spacial score (nSPS) is 11.3. The second-order valence-corrected chi connectivity index (χ2v) is 5.78. The van der Waals surface area contributed by atoms with Crippen molar-refractivity contribution in [3.8, 4) is 0 Å². The zero-order valence-corrected chi connectivity index (χ0v) is 14.5. The molecule has 5 heteroatoms. The lowest BCUT2D eigenvalue weighted by Crippen LogP contribution is -2.37. The van der Waals surface area contributed by atoms with Crippen molar-refractivity contribution in [1.82, 2.24) is 15.2 Å². The zero-order chi connectivity index (χ0) is 17.2. The highest BCUT2D eigenvalue weighted by atomic mass is 16.1. The minimum atomic E-state index is 0.0566. The molecule has 0 aliphatic rings. The van der Waals surface area contributed by atoms with Gasteiger partial charge in [0.25, 0.3) is 0 Å². The van der Waals surface area contributed by atoms with Gasteiger partial charge in [-0.05, 0) is 31.4 Å². The van der Waals surface area contributed by atoms with E-state index in [1.165, 1.54) is 11.1 Å². The van der Waals surface area contributed by atoms with Gasteiger partial charge in [0.05, 0.1) is 0 Å². The van der Waals surface area contributed by atoms with Crippen LogP contribution in [0, 0.1) is 6.92 Å². The van der Waals surface area contributed by atoms with E-state index >= 15 is 0 Å². The molecule has 0 aliphatic heterocycles. The third-order valence-electron chi connectivity index (χ3n) is 3.78. The molecule has 1 heterocycles. The highest BCUT2D eigenvalue weighted by molar-refractivity contribution is 5.79. The maximum absolute atomic E-state index is 11.6. The molecule has 0 amide bonds. The van der Waals surface area contributed by atoms with E-state index < -0.39 is 0 Å². The lowest BCUT2D eigenvalue weighted by molar-refractivity contribution is 0.585. The standard InChI is InChI=1S/C19H26N4O/c1-16-8-7-9-17(14-16)15-22-19(20-2)21-11-4-6-13-23-12-5-3-10-18(23)24/h3,5,7-10,12,14H,4,6,11,13,15H2,1-2H3,(H2,20,21,22). The van der Waals surface area contributed by atoms with Crippen molar-refractivity contribution in [1.29, 1.82) is 0 Å². The minimum Gasteiger partial charge on any atom is -0.356 e. The van der Waals surface area contributed by atoms with Crippen LogP contribution in [0.25, 0.3) is 0 Å². The molecular weight excluding hydrogens is 300 g/mol. The minimum absolute atomic E-state index is 0.0566. The van der Waals surface area contributed by atoms with Gasteiger partial charge < -0.3 is 15.2 Å². The number of aryl methyl sites for hydroxylation is 2. The highest BCUT2D eigenvalue weighted by Gasteiger charge is 1.99. The van der Waals surface area contributed by atoms with Crippen LogP contribution in [0.1, 0.15) is 24.0 Å². The third kappa shape index (κ3) is 5.91. The van der Waals surface area contributed by atoms with Crippen molar-refractivity contribution in [3.63, 3.8) is 0 Å². The summed E-state index contributed by atoms with van der Waals surface area (Å²) in [5, 5.41) is 6.62. The fraction of sp³-hybridized carbons (Fsp3) is 0.368. The fourth-order valence-electron chi connectivity index (χ4n) is 2.49. The maximum Gasteiger partial charge on any atom is 0.250 e. The average Bonchev–Trinajstić information content (AvgIpc) is 2.59. The van der Waals surface area contributed by atoms with Gasteiger partial charge in [0.1, 0.15) is 0 Å². The van der Waals surface area contributed by atoms with E-state index in [9.17, 15) is 4.79 Å². The Kier molecular flexibility index (Phi) is 7.08. The first-order valence-electron chi connectivity index (χ1n) is 8.34. The number of aromatic nitrogens is 1. The Morgan fingerprint density at radius 1 is 1.12 bits per heavy atom. The summed E-state index contributed by atoms with van der Waals surface area (Å²) >= 11 is 0. The van der Waals surface area contributed by atoms with Crippen LogP contribution in [0.4, 0.5) is 0 Å². The number of aliphatic imine (C=N–C) groups is 1. The van der Waals surface area contributed by atoms with E-state index in [0.29, 0.717) is 0 Å². The second kappa shape index (κ2) is 9.55. The number of guanidine groups is 1. The summed E-state index contributed by atoms with van der Waals surface area (Å²) < 4.78 is 1.74. The molecule has 128 valence electrons. The van der Waals surface area contributed by atoms with E-state index in [1.807, 2.05) is 12.3 Å². The van der Waals surface area contributed by atoms with Crippen LogP contribution >= 0.6 is 0 Å². The Morgan fingerprint density at radius 3 is 2.75 bits per heavy atom. The topological polar surface area (TPSA) is 58.4 Å². The molecule has 24 heavy (non-hydrogen) atoms. The molecule has 0 fully saturated rings. The Bertz CT molecular complexity index is 721. The molecule has 0 spiro atoms. The van der Waals surface area contributed by atoms with Gasteiger partial charge in [-0.25, -0.2) is 0 Å². The first-order valence-corrected chi connectivity index (χ1v) is 8.34. The van der Waals surface area contributed by atoms with E-state index in [0.717, 1.165) is 38.4 Å².